The molecule has 0 amide bonds. The largest absolute Gasteiger partial charge is 0.493 e. The van der Waals surface area contributed by atoms with Crippen molar-refractivity contribution in [2.45, 2.75) is 12.8 Å². The predicted molar refractivity (Wildman–Crippen MR) is 79.4 cm³/mol. The first-order valence-electron chi connectivity index (χ1n) is 6.82. The zero-order valence-electron chi connectivity index (χ0n) is 12.8. The van der Waals surface area contributed by atoms with Crippen molar-refractivity contribution >= 4 is 5.97 Å². The van der Waals surface area contributed by atoms with Crippen molar-refractivity contribution in [2.24, 2.45) is 0 Å². The third kappa shape index (κ3) is 5.91. The Hall–Kier alpha value is -1.95. The van der Waals surface area contributed by atoms with E-state index in [1.807, 2.05) is 30.1 Å². The van der Waals surface area contributed by atoms with Gasteiger partial charge in [0.1, 0.15) is 0 Å². The van der Waals surface area contributed by atoms with Gasteiger partial charge in [0.2, 0.25) is 5.75 Å². The molecule has 0 atom stereocenters. The molecule has 1 aromatic carbocycles. The minimum atomic E-state index is -0.781. The first kappa shape index (κ1) is 17.1. The Labute approximate surface area is 125 Å². The van der Waals surface area contributed by atoms with E-state index < -0.39 is 5.97 Å². The number of methoxy groups -OCH3 is 2. The highest BCUT2D eigenvalue weighted by atomic mass is 16.5. The number of carboxylic acid groups (broad SMARTS) is 1. The number of rotatable bonds is 10. The molecule has 6 heteroatoms. The SMILES string of the molecule is COc1cccc(OC)c1OCCCN(C)CCC(=O)O. The Morgan fingerprint density at radius 2 is 1.81 bits per heavy atom. The van der Waals surface area contributed by atoms with E-state index in [4.69, 9.17) is 19.3 Å². The Kier molecular flexibility index (Phi) is 7.39. The van der Waals surface area contributed by atoms with E-state index in [0.29, 0.717) is 30.4 Å². The normalized spacial score (nSPS) is 10.5. The molecule has 0 spiro atoms. The molecule has 0 radical (unpaired) electrons. The molecule has 21 heavy (non-hydrogen) atoms. The van der Waals surface area contributed by atoms with Gasteiger partial charge in [0.25, 0.3) is 0 Å². The molecule has 1 N–H and O–H groups in total. The lowest BCUT2D eigenvalue weighted by Gasteiger charge is -2.17. The van der Waals surface area contributed by atoms with Gasteiger partial charge in [-0.3, -0.25) is 4.79 Å². The molecule has 0 aromatic heterocycles. The average molecular weight is 297 g/mol. The number of hydrogen-bond donors (Lipinski definition) is 1. The molecule has 118 valence electrons. The summed E-state index contributed by atoms with van der Waals surface area (Å²) >= 11 is 0. The van der Waals surface area contributed by atoms with Crippen LogP contribution in [0.2, 0.25) is 0 Å². The number of nitrogens with zero attached hydrogens (tertiary/aromatic N) is 1. The first-order chi connectivity index (χ1) is 10.1. The number of aliphatic carboxylic acids is 1. The maximum Gasteiger partial charge on any atom is 0.304 e. The molecular formula is C15H23NO5. The van der Waals surface area contributed by atoms with Gasteiger partial charge in [-0.1, -0.05) is 6.07 Å². The van der Waals surface area contributed by atoms with Crippen molar-refractivity contribution < 1.29 is 24.1 Å². The van der Waals surface area contributed by atoms with E-state index in [9.17, 15) is 4.79 Å². The number of carboxylic acids is 1. The summed E-state index contributed by atoms with van der Waals surface area (Å²) in [5.74, 6) is 1.08. The van der Waals surface area contributed by atoms with E-state index in [-0.39, 0.29) is 6.42 Å². The average Bonchev–Trinajstić information content (AvgIpc) is 2.49. The summed E-state index contributed by atoms with van der Waals surface area (Å²) in [6.07, 6.45) is 0.939. The van der Waals surface area contributed by atoms with Crippen LogP contribution in [0.15, 0.2) is 18.2 Å². The lowest BCUT2D eigenvalue weighted by atomic mass is 10.3. The van der Waals surface area contributed by atoms with Gasteiger partial charge in [-0.05, 0) is 25.6 Å². The van der Waals surface area contributed by atoms with Crippen LogP contribution in [0.3, 0.4) is 0 Å². The standard InChI is InChI=1S/C15H23NO5/c1-16(10-8-14(17)18)9-5-11-21-15-12(19-2)6-4-7-13(15)20-3/h4,6-7H,5,8-11H2,1-3H3,(H,17,18). The molecule has 0 aliphatic heterocycles. The Bertz CT molecular complexity index is 427. The zero-order chi connectivity index (χ0) is 15.7. The van der Waals surface area contributed by atoms with E-state index in [1.54, 1.807) is 14.2 Å². The van der Waals surface area contributed by atoms with Gasteiger partial charge in [-0.25, -0.2) is 0 Å². The van der Waals surface area contributed by atoms with Crippen LogP contribution < -0.4 is 14.2 Å². The molecule has 1 rings (SSSR count). The number of carbonyl (C=O) groups is 1. The van der Waals surface area contributed by atoms with Crippen molar-refractivity contribution in [3.63, 3.8) is 0 Å². The fourth-order valence-corrected chi connectivity index (χ4v) is 1.87. The smallest absolute Gasteiger partial charge is 0.304 e. The lowest BCUT2D eigenvalue weighted by molar-refractivity contribution is -0.137. The fraction of sp³-hybridized carbons (Fsp3) is 0.533. The van der Waals surface area contributed by atoms with Gasteiger partial charge in [0.05, 0.1) is 27.2 Å². The van der Waals surface area contributed by atoms with Crippen molar-refractivity contribution in [1.29, 1.82) is 0 Å². The van der Waals surface area contributed by atoms with E-state index in [2.05, 4.69) is 0 Å². The zero-order valence-corrected chi connectivity index (χ0v) is 12.8. The molecule has 0 bridgehead atoms. The summed E-state index contributed by atoms with van der Waals surface area (Å²) < 4.78 is 16.2. The number of hydrogen-bond acceptors (Lipinski definition) is 5. The van der Waals surface area contributed by atoms with Crippen LogP contribution >= 0.6 is 0 Å². The highest BCUT2D eigenvalue weighted by molar-refractivity contribution is 5.66. The molecule has 0 saturated carbocycles. The van der Waals surface area contributed by atoms with Crippen molar-refractivity contribution in [3.8, 4) is 17.2 Å². The van der Waals surface area contributed by atoms with Crippen LogP contribution in [0.5, 0.6) is 17.2 Å². The minimum absolute atomic E-state index is 0.150. The molecule has 1 aromatic rings. The molecular weight excluding hydrogens is 274 g/mol. The van der Waals surface area contributed by atoms with E-state index in [0.717, 1.165) is 13.0 Å². The van der Waals surface area contributed by atoms with E-state index >= 15 is 0 Å². The quantitative estimate of drug-likeness (QED) is 0.665. The van der Waals surface area contributed by atoms with Crippen molar-refractivity contribution in [2.75, 3.05) is 41.0 Å². The summed E-state index contributed by atoms with van der Waals surface area (Å²) in [6, 6.07) is 5.47. The topological polar surface area (TPSA) is 68.2 Å². The maximum atomic E-state index is 10.5. The highest BCUT2D eigenvalue weighted by Crippen LogP contribution is 2.36. The fourth-order valence-electron chi connectivity index (χ4n) is 1.87. The van der Waals surface area contributed by atoms with E-state index in [1.165, 1.54) is 0 Å². The second-order valence-corrected chi connectivity index (χ2v) is 4.64. The predicted octanol–water partition coefficient (Wildman–Crippen LogP) is 1.88. The molecule has 0 unspecified atom stereocenters. The van der Waals surface area contributed by atoms with Crippen LogP contribution in [0.25, 0.3) is 0 Å². The first-order valence-corrected chi connectivity index (χ1v) is 6.82. The molecule has 6 nitrogen and oxygen atoms in total. The minimum Gasteiger partial charge on any atom is -0.493 e. The molecule has 0 fully saturated rings. The highest BCUT2D eigenvalue weighted by Gasteiger charge is 2.11. The number of ether oxygens (including phenoxy) is 3. The summed E-state index contributed by atoms with van der Waals surface area (Å²) in [7, 11) is 5.06. The summed E-state index contributed by atoms with van der Waals surface area (Å²) in [6.45, 7) is 1.81. The van der Waals surface area contributed by atoms with Gasteiger partial charge in [0.15, 0.2) is 11.5 Å². The van der Waals surface area contributed by atoms with Gasteiger partial charge in [-0.2, -0.15) is 0 Å². The van der Waals surface area contributed by atoms with Crippen molar-refractivity contribution in [1.82, 2.24) is 4.90 Å². The Morgan fingerprint density at radius 3 is 2.33 bits per heavy atom. The van der Waals surface area contributed by atoms with Crippen LogP contribution in [0.4, 0.5) is 0 Å². The Balaban J connectivity index is 2.40. The molecule has 0 aliphatic carbocycles. The number of para-hydroxylation sites is 1. The summed E-state index contributed by atoms with van der Waals surface area (Å²) in [4.78, 5) is 12.4. The molecule has 0 saturated heterocycles. The third-order valence-corrected chi connectivity index (χ3v) is 3.02. The van der Waals surface area contributed by atoms with Crippen LogP contribution in [0, 0.1) is 0 Å². The van der Waals surface area contributed by atoms with Crippen molar-refractivity contribution in [3.05, 3.63) is 18.2 Å². The number of benzene rings is 1. The Morgan fingerprint density at radius 1 is 1.19 bits per heavy atom. The van der Waals surface area contributed by atoms with Crippen LogP contribution in [-0.2, 0) is 4.79 Å². The lowest BCUT2D eigenvalue weighted by Crippen LogP contribution is -2.24. The molecule has 0 heterocycles. The van der Waals surface area contributed by atoms with Gasteiger partial charge in [-0.15, -0.1) is 0 Å². The second-order valence-electron chi connectivity index (χ2n) is 4.64. The summed E-state index contributed by atoms with van der Waals surface area (Å²) in [5, 5.41) is 8.62. The van der Waals surface area contributed by atoms with Crippen LogP contribution in [0.1, 0.15) is 12.8 Å². The monoisotopic (exact) mass is 297 g/mol. The second kappa shape index (κ2) is 9.07. The third-order valence-electron chi connectivity index (χ3n) is 3.02. The van der Waals surface area contributed by atoms with Gasteiger partial charge < -0.3 is 24.2 Å². The van der Waals surface area contributed by atoms with Gasteiger partial charge >= 0.3 is 5.97 Å². The maximum absolute atomic E-state index is 10.5. The molecule has 0 aliphatic rings. The summed E-state index contributed by atoms with van der Waals surface area (Å²) in [5.41, 5.74) is 0. The van der Waals surface area contributed by atoms with Crippen LogP contribution in [-0.4, -0.2) is 56.9 Å². The van der Waals surface area contributed by atoms with Gasteiger partial charge in [0, 0.05) is 13.1 Å².